The van der Waals surface area contributed by atoms with Crippen molar-refractivity contribution in [2.24, 2.45) is 10.9 Å². The predicted molar refractivity (Wildman–Crippen MR) is 104 cm³/mol. The highest BCUT2D eigenvalue weighted by Crippen LogP contribution is 2.17. The maximum Gasteiger partial charge on any atom is 0.264 e. The normalized spacial score (nSPS) is 11.9. The van der Waals surface area contributed by atoms with Crippen molar-refractivity contribution >= 4 is 11.7 Å². The van der Waals surface area contributed by atoms with Crippen molar-refractivity contribution in [3.63, 3.8) is 0 Å². The van der Waals surface area contributed by atoms with Crippen LogP contribution in [0.15, 0.2) is 65.8 Å². The topological polar surface area (TPSA) is 67.9 Å². The lowest BCUT2D eigenvalue weighted by Gasteiger charge is -2.35. The van der Waals surface area contributed by atoms with Crippen LogP contribution in [0.25, 0.3) is 0 Å². The molecule has 2 aromatic rings. The van der Waals surface area contributed by atoms with E-state index in [2.05, 4.69) is 5.16 Å². The molecule has 26 heavy (non-hydrogen) atoms. The molecule has 0 atom stereocenters. The first-order chi connectivity index (χ1) is 12.4. The third-order valence-corrected chi connectivity index (χ3v) is 3.89. The van der Waals surface area contributed by atoms with Gasteiger partial charge in [0.25, 0.3) is 5.91 Å². The molecular weight excluding hydrogens is 326 g/mol. The van der Waals surface area contributed by atoms with Gasteiger partial charge in [-0.15, -0.1) is 0 Å². The predicted octanol–water partition coefficient (Wildman–Crippen LogP) is 3.35. The number of nitrogens with zero attached hydrogens (tertiary/aromatic N) is 2. The highest BCUT2D eigenvalue weighted by molar-refractivity contribution is 5.82. The maximum absolute atomic E-state index is 12.6. The van der Waals surface area contributed by atoms with Gasteiger partial charge in [0.15, 0.2) is 6.61 Å². The van der Waals surface area contributed by atoms with Crippen LogP contribution in [-0.2, 0) is 22.6 Å². The van der Waals surface area contributed by atoms with Crippen molar-refractivity contribution in [1.82, 2.24) is 4.90 Å². The van der Waals surface area contributed by atoms with Crippen LogP contribution in [0.3, 0.4) is 0 Å². The van der Waals surface area contributed by atoms with E-state index >= 15 is 0 Å². The van der Waals surface area contributed by atoms with Crippen LogP contribution in [0, 0.1) is 0 Å². The number of benzene rings is 2. The van der Waals surface area contributed by atoms with Crippen LogP contribution >= 0.6 is 0 Å². The van der Waals surface area contributed by atoms with Gasteiger partial charge in [0, 0.05) is 18.5 Å². The number of hydrogen-bond acceptors (Lipinski definition) is 3. The molecule has 1 amide bonds. The Morgan fingerprint density at radius 2 is 1.54 bits per heavy atom. The molecule has 2 rings (SSSR count). The molecule has 2 N–H and O–H groups in total. The highest BCUT2D eigenvalue weighted by Gasteiger charge is 2.26. The lowest BCUT2D eigenvalue weighted by Crippen LogP contribution is -2.46. The number of nitrogens with two attached hydrogens (primary N) is 1. The van der Waals surface area contributed by atoms with Gasteiger partial charge in [-0.25, -0.2) is 0 Å². The summed E-state index contributed by atoms with van der Waals surface area (Å²) in [6, 6.07) is 19.7. The molecule has 2 aromatic carbocycles. The lowest BCUT2D eigenvalue weighted by atomic mass is 10.0. The van der Waals surface area contributed by atoms with Crippen molar-refractivity contribution in [1.29, 1.82) is 0 Å². The number of carbonyl (C=O) groups is 1. The Bertz CT molecular complexity index is 722. The van der Waals surface area contributed by atoms with Crippen LogP contribution in [-0.4, -0.2) is 28.8 Å². The number of oxime groups is 1. The van der Waals surface area contributed by atoms with Gasteiger partial charge in [-0.3, -0.25) is 4.79 Å². The van der Waals surface area contributed by atoms with E-state index in [0.717, 1.165) is 11.1 Å². The van der Waals surface area contributed by atoms with Crippen molar-refractivity contribution in [3.05, 3.63) is 71.8 Å². The first-order valence-corrected chi connectivity index (χ1v) is 8.69. The second kappa shape index (κ2) is 9.04. The zero-order chi connectivity index (χ0) is 19.0. The molecule has 0 unspecified atom stereocenters. The number of hydrogen-bond donors (Lipinski definition) is 1. The fourth-order valence-corrected chi connectivity index (χ4v) is 2.55. The van der Waals surface area contributed by atoms with Gasteiger partial charge in [-0.05, 0) is 31.9 Å². The summed E-state index contributed by atoms with van der Waals surface area (Å²) >= 11 is 0. The molecule has 0 heterocycles. The second-order valence-electron chi connectivity index (χ2n) is 7.15. The molecule has 0 aliphatic rings. The van der Waals surface area contributed by atoms with Gasteiger partial charge < -0.3 is 15.5 Å². The third-order valence-electron chi connectivity index (χ3n) is 3.89. The van der Waals surface area contributed by atoms with Crippen molar-refractivity contribution in [2.45, 2.75) is 39.3 Å². The van der Waals surface area contributed by atoms with E-state index in [0.29, 0.717) is 18.8 Å². The molecule has 0 fully saturated rings. The minimum absolute atomic E-state index is 0.127. The molecule has 0 aliphatic heterocycles. The van der Waals surface area contributed by atoms with E-state index in [1.807, 2.05) is 81.4 Å². The summed E-state index contributed by atoms with van der Waals surface area (Å²) in [6.45, 7) is 6.39. The molecule has 0 aliphatic carbocycles. The van der Waals surface area contributed by atoms with Gasteiger partial charge in [0.05, 0.1) is 0 Å². The molecule has 0 aromatic heterocycles. The Morgan fingerprint density at radius 3 is 2.08 bits per heavy atom. The van der Waals surface area contributed by atoms with Gasteiger partial charge in [-0.1, -0.05) is 65.8 Å². The lowest BCUT2D eigenvalue weighted by molar-refractivity contribution is -0.141. The molecule has 5 heteroatoms. The SMILES string of the molecule is CC(C)(C)N(Cc1ccccc1)C(=O)CO/N=C(/N)Cc1ccccc1. The number of rotatable bonds is 7. The first kappa shape index (κ1) is 19.5. The summed E-state index contributed by atoms with van der Waals surface area (Å²) in [4.78, 5) is 19.6. The largest absolute Gasteiger partial charge is 0.384 e. The minimum atomic E-state index is -0.324. The Kier molecular flexibility index (Phi) is 6.78. The number of amidine groups is 1. The van der Waals surface area contributed by atoms with Gasteiger partial charge in [-0.2, -0.15) is 0 Å². The Morgan fingerprint density at radius 1 is 1.00 bits per heavy atom. The quantitative estimate of drug-likeness (QED) is 0.471. The van der Waals surface area contributed by atoms with Crippen LogP contribution in [0.2, 0.25) is 0 Å². The van der Waals surface area contributed by atoms with Gasteiger partial charge in [0.2, 0.25) is 0 Å². The van der Waals surface area contributed by atoms with Crippen LogP contribution in [0.4, 0.5) is 0 Å². The van der Waals surface area contributed by atoms with E-state index in [-0.39, 0.29) is 18.1 Å². The third kappa shape index (κ3) is 6.24. The zero-order valence-electron chi connectivity index (χ0n) is 15.7. The highest BCUT2D eigenvalue weighted by atomic mass is 16.6. The Hall–Kier alpha value is -2.82. The summed E-state index contributed by atoms with van der Waals surface area (Å²) < 4.78 is 0. The van der Waals surface area contributed by atoms with E-state index in [4.69, 9.17) is 10.6 Å². The summed E-state index contributed by atoms with van der Waals surface area (Å²) in [5.74, 6) is 0.215. The smallest absolute Gasteiger partial charge is 0.264 e. The average Bonchev–Trinajstić information content (AvgIpc) is 2.60. The maximum atomic E-state index is 12.6. The van der Waals surface area contributed by atoms with Crippen molar-refractivity contribution < 1.29 is 9.63 Å². The monoisotopic (exact) mass is 353 g/mol. The van der Waals surface area contributed by atoms with Crippen LogP contribution < -0.4 is 5.73 Å². The molecule has 0 radical (unpaired) electrons. The Labute approximate surface area is 155 Å². The van der Waals surface area contributed by atoms with Crippen LogP contribution in [0.1, 0.15) is 31.9 Å². The van der Waals surface area contributed by atoms with Gasteiger partial charge >= 0.3 is 0 Å². The van der Waals surface area contributed by atoms with Crippen molar-refractivity contribution in [2.75, 3.05) is 6.61 Å². The summed E-state index contributed by atoms with van der Waals surface area (Å²) in [5, 5.41) is 3.88. The summed E-state index contributed by atoms with van der Waals surface area (Å²) in [7, 11) is 0. The molecular formula is C21H27N3O2. The van der Waals surface area contributed by atoms with Crippen molar-refractivity contribution in [3.8, 4) is 0 Å². The van der Waals surface area contributed by atoms with Crippen LogP contribution in [0.5, 0.6) is 0 Å². The molecule has 0 spiro atoms. The second-order valence-corrected chi connectivity index (χ2v) is 7.15. The molecule has 0 saturated heterocycles. The Balaban J connectivity index is 1.93. The first-order valence-electron chi connectivity index (χ1n) is 8.69. The summed E-state index contributed by atoms with van der Waals surface area (Å²) in [5.41, 5.74) is 7.67. The number of carbonyl (C=O) groups excluding carboxylic acids is 1. The van der Waals surface area contributed by atoms with E-state index in [1.165, 1.54) is 0 Å². The van der Waals surface area contributed by atoms with Gasteiger partial charge in [0.1, 0.15) is 5.84 Å². The average molecular weight is 353 g/mol. The molecule has 0 bridgehead atoms. The number of amides is 1. The molecule has 138 valence electrons. The molecule has 5 nitrogen and oxygen atoms in total. The van der Waals surface area contributed by atoms with E-state index in [9.17, 15) is 4.79 Å². The van der Waals surface area contributed by atoms with E-state index < -0.39 is 0 Å². The van der Waals surface area contributed by atoms with E-state index in [1.54, 1.807) is 4.90 Å². The zero-order valence-corrected chi connectivity index (χ0v) is 15.7. The standard InChI is InChI=1S/C21H27N3O2/c1-21(2,3)24(15-18-12-8-5-9-13-18)20(25)16-26-23-19(22)14-17-10-6-4-7-11-17/h4-13H,14-16H2,1-3H3,(H2,22,23). The fourth-order valence-electron chi connectivity index (χ4n) is 2.55. The molecule has 0 saturated carbocycles. The summed E-state index contributed by atoms with van der Waals surface area (Å²) in [6.07, 6.45) is 0.488. The minimum Gasteiger partial charge on any atom is -0.384 e. The fraction of sp³-hybridized carbons (Fsp3) is 0.333.